The first-order chi connectivity index (χ1) is 8.08. The first-order valence-corrected chi connectivity index (χ1v) is 5.19. The molecule has 7 nitrogen and oxygen atoms in total. The minimum Gasteiger partial charge on any atom is -0.335 e. The zero-order valence-corrected chi connectivity index (χ0v) is 9.29. The van der Waals surface area contributed by atoms with E-state index in [-0.39, 0.29) is 12.5 Å². The van der Waals surface area contributed by atoms with Crippen LogP contribution in [0.3, 0.4) is 0 Å². The van der Waals surface area contributed by atoms with E-state index in [0.717, 1.165) is 4.90 Å². The molecule has 0 spiro atoms. The Balaban J connectivity index is 2.08. The molecule has 17 heavy (non-hydrogen) atoms. The maximum atomic E-state index is 11.6. The van der Waals surface area contributed by atoms with E-state index in [1.165, 1.54) is 0 Å². The van der Waals surface area contributed by atoms with Crippen molar-refractivity contribution in [3.8, 4) is 0 Å². The van der Waals surface area contributed by atoms with Gasteiger partial charge in [0, 0.05) is 18.9 Å². The smallest absolute Gasteiger partial charge is 0.331 e. The average Bonchev–Trinajstić information content (AvgIpc) is 2.68. The van der Waals surface area contributed by atoms with Crippen LogP contribution in [0, 0.1) is 0 Å². The molecule has 1 N–H and O–H groups in total. The molecule has 1 fully saturated rings. The number of nitrogens with zero attached hydrogens (tertiary/aromatic N) is 3. The average molecular weight is 236 g/mol. The van der Waals surface area contributed by atoms with E-state index >= 15 is 0 Å². The molecule has 7 heteroatoms. The summed E-state index contributed by atoms with van der Waals surface area (Å²) in [6.07, 6.45) is 4.69. The number of barbiturate groups is 1. The third-order valence-corrected chi connectivity index (χ3v) is 2.52. The normalized spacial score (nSPS) is 18.2. The molecule has 0 aliphatic carbocycles. The van der Waals surface area contributed by atoms with E-state index < -0.39 is 17.8 Å². The summed E-state index contributed by atoms with van der Waals surface area (Å²) in [7, 11) is 0. The largest absolute Gasteiger partial charge is 0.335 e. The predicted molar refractivity (Wildman–Crippen MR) is 56.7 cm³/mol. The summed E-state index contributed by atoms with van der Waals surface area (Å²) >= 11 is 0. The van der Waals surface area contributed by atoms with Crippen LogP contribution in [0.2, 0.25) is 0 Å². The minimum absolute atomic E-state index is 0.278. The summed E-state index contributed by atoms with van der Waals surface area (Å²) in [5.41, 5.74) is 0. The van der Waals surface area contributed by atoms with Crippen LogP contribution in [-0.4, -0.2) is 38.3 Å². The number of imidazole rings is 1. The molecular formula is C10H12N4O3. The Hall–Kier alpha value is -2.18. The van der Waals surface area contributed by atoms with Crippen LogP contribution in [0.4, 0.5) is 4.79 Å². The maximum absolute atomic E-state index is 11.6. The number of imide groups is 2. The molecule has 1 atom stereocenters. The van der Waals surface area contributed by atoms with Crippen molar-refractivity contribution in [1.82, 2.24) is 19.8 Å². The number of hydrogen-bond acceptors (Lipinski definition) is 4. The number of carbonyl (C=O) groups is 3. The van der Waals surface area contributed by atoms with E-state index in [9.17, 15) is 14.4 Å². The summed E-state index contributed by atoms with van der Waals surface area (Å²) in [6, 6.07) is -0.983. The van der Waals surface area contributed by atoms with Gasteiger partial charge in [-0.2, -0.15) is 0 Å². The Morgan fingerprint density at radius 1 is 1.47 bits per heavy atom. The van der Waals surface area contributed by atoms with Crippen molar-refractivity contribution in [3.63, 3.8) is 0 Å². The Bertz CT molecular complexity index is 434. The SMILES string of the molecule is CC(Cn1ccnc1)N1C(=O)CC(=O)NC1=O. The molecule has 90 valence electrons. The fourth-order valence-electron chi connectivity index (χ4n) is 1.79. The number of aromatic nitrogens is 2. The molecular weight excluding hydrogens is 224 g/mol. The van der Waals surface area contributed by atoms with Gasteiger partial charge in [0.25, 0.3) is 0 Å². The molecule has 1 saturated heterocycles. The minimum atomic E-state index is -0.654. The Morgan fingerprint density at radius 3 is 2.82 bits per heavy atom. The van der Waals surface area contributed by atoms with Gasteiger partial charge in [0.2, 0.25) is 11.8 Å². The fraction of sp³-hybridized carbons (Fsp3) is 0.400. The summed E-state index contributed by atoms with van der Waals surface area (Å²) in [4.78, 5) is 39.1. The number of hydrogen-bond donors (Lipinski definition) is 1. The van der Waals surface area contributed by atoms with Gasteiger partial charge in [0.15, 0.2) is 0 Å². The van der Waals surface area contributed by atoms with Crippen molar-refractivity contribution in [3.05, 3.63) is 18.7 Å². The molecule has 1 unspecified atom stereocenters. The van der Waals surface area contributed by atoms with Crippen LogP contribution in [0.1, 0.15) is 13.3 Å². The van der Waals surface area contributed by atoms with Crippen molar-refractivity contribution in [1.29, 1.82) is 0 Å². The summed E-state index contributed by atoms with van der Waals surface area (Å²) in [5.74, 6) is -1.02. The fourth-order valence-corrected chi connectivity index (χ4v) is 1.79. The second-order valence-corrected chi connectivity index (χ2v) is 3.90. The first kappa shape index (κ1) is 11.3. The second-order valence-electron chi connectivity index (χ2n) is 3.90. The molecule has 0 bridgehead atoms. The third kappa shape index (κ3) is 2.32. The molecule has 0 saturated carbocycles. The van der Waals surface area contributed by atoms with E-state index in [1.807, 2.05) is 0 Å². The van der Waals surface area contributed by atoms with Crippen molar-refractivity contribution >= 4 is 17.8 Å². The number of urea groups is 1. The van der Waals surface area contributed by atoms with Crippen LogP contribution < -0.4 is 5.32 Å². The van der Waals surface area contributed by atoms with Gasteiger partial charge in [-0.05, 0) is 6.92 Å². The van der Waals surface area contributed by atoms with Crippen LogP contribution in [0.25, 0.3) is 0 Å². The number of rotatable bonds is 3. The molecule has 2 heterocycles. The zero-order valence-electron chi connectivity index (χ0n) is 9.29. The lowest BCUT2D eigenvalue weighted by Crippen LogP contribution is -2.56. The van der Waals surface area contributed by atoms with Gasteiger partial charge >= 0.3 is 6.03 Å². The molecule has 2 rings (SSSR count). The van der Waals surface area contributed by atoms with Crippen LogP contribution in [-0.2, 0) is 16.1 Å². The Kier molecular flexibility index (Phi) is 2.90. The second kappa shape index (κ2) is 4.36. The highest BCUT2D eigenvalue weighted by Gasteiger charge is 2.34. The zero-order chi connectivity index (χ0) is 12.4. The van der Waals surface area contributed by atoms with Gasteiger partial charge in [-0.3, -0.25) is 19.8 Å². The van der Waals surface area contributed by atoms with Crippen LogP contribution in [0.5, 0.6) is 0 Å². The van der Waals surface area contributed by atoms with Gasteiger partial charge < -0.3 is 4.57 Å². The molecule has 1 aromatic rings. The number of nitrogens with one attached hydrogen (secondary N) is 1. The van der Waals surface area contributed by atoms with Crippen LogP contribution >= 0.6 is 0 Å². The topological polar surface area (TPSA) is 84.3 Å². The van der Waals surface area contributed by atoms with E-state index in [4.69, 9.17) is 0 Å². The quantitative estimate of drug-likeness (QED) is 0.733. The highest BCUT2D eigenvalue weighted by molar-refractivity contribution is 6.14. The molecule has 4 amide bonds. The number of carbonyl (C=O) groups excluding carboxylic acids is 3. The summed E-state index contributed by atoms with van der Waals surface area (Å²) < 4.78 is 1.77. The predicted octanol–water partition coefficient (Wildman–Crippen LogP) is -0.260. The van der Waals surface area contributed by atoms with Crippen molar-refractivity contribution in [2.75, 3.05) is 0 Å². The van der Waals surface area contributed by atoms with Gasteiger partial charge in [-0.25, -0.2) is 9.78 Å². The highest BCUT2D eigenvalue weighted by Crippen LogP contribution is 2.09. The van der Waals surface area contributed by atoms with Crippen molar-refractivity contribution in [2.45, 2.75) is 25.9 Å². The first-order valence-electron chi connectivity index (χ1n) is 5.19. The van der Waals surface area contributed by atoms with Crippen LogP contribution in [0.15, 0.2) is 18.7 Å². The lowest BCUT2D eigenvalue weighted by atomic mass is 10.2. The van der Waals surface area contributed by atoms with Crippen molar-refractivity contribution in [2.24, 2.45) is 0 Å². The van der Waals surface area contributed by atoms with Gasteiger partial charge in [-0.1, -0.05) is 0 Å². The number of amides is 4. The highest BCUT2D eigenvalue weighted by atomic mass is 16.2. The third-order valence-electron chi connectivity index (χ3n) is 2.52. The molecule has 1 aromatic heterocycles. The molecule has 0 radical (unpaired) electrons. The maximum Gasteiger partial charge on any atom is 0.331 e. The van der Waals surface area contributed by atoms with E-state index in [2.05, 4.69) is 10.3 Å². The van der Waals surface area contributed by atoms with Gasteiger partial charge in [0.1, 0.15) is 6.42 Å². The van der Waals surface area contributed by atoms with Gasteiger partial charge in [0.05, 0.1) is 12.4 Å². The standard InChI is InChI=1S/C10H12N4O3/c1-7(5-13-3-2-11-6-13)14-9(16)4-8(15)12-10(14)17/h2-3,6-7H,4-5H2,1H3,(H,12,15,17). The van der Waals surface area contributed by atoms with Crippen molar-refractivity contribution < 1.29 is 14.4 Å². The Labute approximate surface area is 97.4 Å². The Morgan fingerprint density at radius 2 is 2.24 bits per heavy atom. The molecule has 1 aliphatic rings. The lowest BCUT2D eigenvalue weighted by Gasteiger charge is -2.30. The van der Waals surface area contributed by atoms with E-state index in [1.54, 1.807) is 30.2 Å². The summed E-state index contributed by atoms with van der Waals surface area (Å²) in [5, 5.41) is 2.12. The summed E-state index contributed by atoms with van der Waals surface area (Å²) in [6.45, 7) is 2.20. The monoisotopic (exact) mass is 236 g/mol. The molecule has 0 aromatic carbocycles. The molecule has 1 aliphatic heterocycles. The van der Waals surface area contributed by atoms with Gasteiger partial charge in [-0.15, -0.1) is 0 Å². The lowest BCUT2D eigenvalue weighted by molar-refractivity contribution is -0.137. The van der Waals surface area contributed by atoms with E-state index in [0.29, 0.717) is 6.54 Å².